The summed E-state index contributed by atoms with van der Waals surface area (Å²) in [6.45, 7) is 4.52. The molecule has 0 heterocycles. The van der Waals surface area contributed by atoms with Crippen LogP contribution in [0.5, 0.6) is 0 Å². The summed E-state index contributed by atoms with van der Waals surface area (Å²) in [6.07, 6.45) is 0. The molecule has 0 aliphatic heterocycles. The van der Waals surface area contributed by atoms with Crippen LogP contribution in [0.15, 0.2) is 18.2 Å². The van der Waals surface area contributed by atoms with Crippen LogP contribution in [0.1, 0.15) is 24.2 Å². The third-order valence-electron chi connectivity index (χ3n) is 2.63. The molecule has 0 aliphatic carbocycles. The van der Waals surface area contributed by atoms with Crippen molar-refractivity contribution in [3.8, 4) is 0 Å². The van der Waals surface area contributed by atoms with Crippen molar-refractivity contribution >= 4 is 11.6 Å². The molecule has 0 saturated heterocycles. The standard InChI is InChI=1S/C12H18FN3O/c1-7(2)10(14)6-16-11-4-3-8(13)5-9(11)12(15)17/h3-5,7,10,16H,6,14H2,1-2H3,(H2,15,17). The molecule has 0 aliphatic rings. The van der Waals surface area contributed by atoms with Crippen LogP contribution in [0, 0.1) is 11.7 Å². The van der Waals surface area contributed by atoms with Crippen LogP contribution in [0.2, 0.25) is 0 Å². The number of amides is 1. The number of halogens is 1. The molecule has 0 fully saturated rings. The first-order valence-electron chi connectivity index (χ1n) is 5.50. The number of carbonyl (C=O) groups excluding carboxylic acids is 1. The van der Waals surface area contributed by atoms with Gasteiger partial charge in [0.05, 0.1) is 5.56 Å². The van der Waals surface area contributed by atoms with Gasteiger partial charge in [-0.15, -0.1) is 0 Å². The topological polar surface area (TPSA) is 81.1 Å². The highest BCUT2D eigenvalue weighted by atomic mass is 19.1. The molecule has 0 spiro atoms. The summed E-state index contributed by atoms with van der Waals surface area (Å²) in [5.74, 6) is -0.831. The number of anilines is 1. The second-order valence-corrected chi connectivity index (χ2v) is 4.34. The minimum absolute atomic E-state index is 0.0409. The second-order valence-electron chi connectivity index (χ2n) is 4.34. The number of carbonyl (C=O) groups is 1. The van der Waals surface area contributed by atoms with Crippen LogP contribution < -0.4 is 16.8 Å². The Balaban J connectivity index is 2.80. The predicted molar refractivity (Wildman–Crippen MR) is 66.2 cm³/mol. The largest absolute Gasteiger partial charge is 0.383 e. The number of primary amides is 1. The molecule has 0 saturated carbocycles. The fraction of sp³-hybridized carbons (Fsp3) is 0.417. The lowest BCUT2D eigenvalue weighted by molar-refractivity contribution is 0.100. The highest BCUT2D eigenvalue weighted by molar-refractivity contribution is 5.98. The molecule has 94 valence electrons. The molecule has 1 aromatic carbocycles. The lowest BCUT2D eigenvalue weighted by atomic mass is 10.1. The molecule has 1 aromatic rings. The van der Waals surface area contributed by atoms with E-state index in [0.717, 1.165) is 6.07 Å². The summed E-state index contributed by atoms with van der Waals surface area (Å²) in [5, 5.41) is 3.01. The van der Waals surface area contributed by atoms with Crippen molar-refractivity contribution in [1.82, 2.24) is 0 Å². The molecular formula is C12H18FN3O. The van der Waals surface area contributed by atoms with Crippen molar-refractivity contribution in [1.29, 1.82) is 0 Å². The molecule has 1 atom stereocenters. The minimum atomic E-state index is -0.662. The first-order valence-corrected chi connectivity index (χ1v) is 5.50. The predicted octanol–water partition coefficient (Wildman–Crippen LogP) is 1.32. The van der Waals surface area contributed by atoms with E-state index in [9.17, 15) is 9.18 Å². The Bertz CT molecular complexity index is 407. The lowest BCUT2D eigenvalue weighted by Crippen LogP contribution is -2.34. The number of nitrogens with two attached hydrogens (primary N) is 2. The summed E-state index contributed by atoms with van der Waals surface area (Å²) in [5.41, 5.74) is 11.7. The maximum Gasteiger partial charge on any atom is 0.250 e. The average Bonchev–Trinajstić information content (AvgIpc) is 2.26. The minimum Gasteiger partial charge on any atom is -0.383 e. The third kappa shape index (κ3) is 3.71. The van der Waals surface area contributed by atoms with Gasteiger partial charge in [-0.3, -0.25) is 4.79 Å². The monoisotopic (exact) mass is 239 g/mol. The number of rotatable bonds is 5. The molecule has 5 heteroatoms. The van der Waals surface area contributed by atoms with Crippen LogP contribution >= 0.6 is 0 Å². The van der Waals surface area contributed by atoms with Gasteiger partial charge in [0.1, 0.15) is 5.82 Å². The Kier molecular flexibility index (Phi) is 4.45. The SMILES string of the molecule is CC(C)C(N)CNc1ccc(F)cc1C(N)=O. The zero-order valence-corrected chi connectivity index (χ0v) is 10.0. The Morgan fingerprint density at radius 3 is 2.65 bits per heavy atom. The molecular weight excluding hydrogens is 221 g/mol. The molecule has 4 nitrogen and oxygen atoms in total. The van der Waals surface area contributed by atoms with Gasteiger partial charge in [-0.2, -0.15) is 0 Å². The fourth-order valence-corrected chi connectivity index (χ4v) is 1.34. The van der Waals surface area contributed by atoms with E-state index in [2.05, 4.69) is 5.32 Å². The first kappa shape index (κ1) is 13.4. The van der Waals surface area contributed by atoms with Crippen molar-refractivity contribution in [3.05, 3.63) is 29.6 Å². The second kappa shape index (κ2) is 5.63. The number of hydrogen-bond donors (Lipinski definition) is 3. The van der Waals surface area contributed by atoms with Crippen molar-refractivity contribution < 1.29 is 9.18 Å². The van der Waals surface area contributed by atoms with Gasteiger partial charge >= 0.3 is 0 Å². The van der Waals surface area contributed by atoms with Gasteiger partial charge in [-0.1, -0.05) is 13.8 Å². The summed E-state index contributed by atoms with van der Waals surface area (Å²) >= 11 is 0. The first-order chi connectivity index (χ1) is 7.91. The normalized spacial score (nSPS) is 12.5. The maximum atomic E-state index is 13.0. The van der Waals surface area contributed by atoms with E-state index in [0.29, 0.717) is 18.2 Å². The maximum absolute atomic E-state index is 13.0. The van der Waals surface area contributed by atoms with Gasteiger partial charge in [0.2, 0.25) is 0 Å². The summed E-state index contributed by atoms with van der Waals surface area (Å²) < 4.78 is 13.0. The van der Waals surface area contributed by atoms with Crippen LogP contribution in [-0.2, 0) is 0 Å². The van der Waals surface area contributed by atoms with Crippen LogP contribution in [0.4, 0.5) is 10.1 Å². The van der Waals surface area contributed by atoms with Crippen LogP contribution in [0.25, 0.3) is 0 Å². The molecule has 0 aromatic heterocycles. The van der Waals surface area contributed by atoms with Gasteiger partial charge < -0.3 is 16.8 Å². The highest BCUT2D eigenvalue weighted by Crippen LogP contribution is 2.16. The van der Waals surface area contributed by atoms with Crippen LogP contribution in [0.3, 0.4) is 0 Å². The fourth-order valence-electron chi connectivity index (χ4n) is 1.34. The summed E-state index contributed by atoms with van der Waals surface area (Å²) in [7, 11) is 0. The van der Waals surface area contributed by atoms with Gasteiger partial charge in [0.15, 0.2) is 0 Å². The Labute approximate surface area is 100 Å². The van der Waals surface area contributed by atoms with Gasteiger partial charge in [0, 0.05) is 18.3 Å². The van der Waals surface area contributed by atoms with Crippen molar-refractivity contribution in [3.63, 3.8) is 0 Å². The van der Waals surface area contributed by atoms with Gasteiger partial charge in [0.25, 0.3) is 5.91 Å². The van der Waals surface area contributed by atoms with E-state index in [4.69, 9.17) is 11.5 Å². The smallest absolute Gasteiger partial charge is 0.250 e. The molecule has 5 N–H and O–H groups in total. The van der Waals surface area contributed by atoms with E-state index in [1.165, 1.54) is 12.1 Å². The Morgan fingerprint density at radius 2 is 2.12 bits per heavy atom. The van der Waals surface area contributed by atoms with E-state index in [1.807, 2.05) is 13.8 Å². The number of hydrogen-bond acceptors (Lipinski definition) is 3. The van der Waals surface area contributed by atoms with E-state index in [-0.39, 0.29) is 11.6 Å². The molecule has 1 unspecified atom stereocenters. The lowest BCUT2D eigenvalue weighted by Gasteiger charge is -2.18. The van der Waals surface area contributed by atoms with Crippen molar-refractivity contribution in [2.24, 2.45) is 17.4 Å². The number of benzene rings is 1. The molecule has 17 heavy (non-hydrogen) atoms. The number of nitrogens with one attached hydrogen (secondary N) is 1. The summed E-state index contributed by atoms with van der Waals surface area (Å²) in [4.78, 5) is 11.1. The van der Waals surface area contributed by atoms with Gasteiger partial charge in [-0.25, -0.2) is 4.39 Å². The quantitative estimate of drug-likeness (QED) is 0.724. The summed E-state index contributed by atoms with van der Waals surface area (Å²) in [6, 6.07) is 3.84. The Hall–Kier alpha value is -1.62. The molecule has 1 amide bonds. The molecule has 1 rings (SSSR count). The van der Waals surface area contributed by atoms with E-state index in [1.54, 1.807) is 0 Å². The molecule has 0 radical (unpaired) electrons. The van der Waals surface area contributed by atoms with E-state index >= 15 is 0 Å². The zero-order chi connectivity index (χ0) is 13.0. The van der Waals surface area contributed by atoms with Crippen molar-refractivity contribution in [2.45, 2.75) is 19.9 Å². The molecule has 0 bridgehead atoms. The van der Waals surface area contributed by atoms with Crippen LogP contribution in [-0.4, -0.2) is 18.5 Å². The van der Waals surface area contributed by atoms with Crippen molar-refractivity contribution in [2.75, 3.05) is 11.9 Å². The third-order valence-corrected chi connectivity index (χ3v) is 2.63. The zero-order valence-electron chi connectivity index (χ0n) is 10.0. The van der Waals surface area contributed by atoms with E-state index < -0.39 is 11.7 Å². The highest BCUT2D eigenvalue weighted by Gasteiger charge is 2.12. The van der Waals surface area contributed by atoms with Gasteiger partial charge in [-0.05, 0) is 24.1 Å². The average molecular weight is 239 g/mol. The Morgan fingerprint density at radius 1 is 1.47 bits per heavy atom.